The average Bonchev–Trinajstić information content (AvgIpc) is 2.89. The van der Waals surface area contributed by atoms with Gasteiger partial charge in [0.2, 0.25) is 11.8 Å². The van der Waals surface area contributed by atoms with Gasteiger partial charge in [-0.2, -0.15) is 0 Å². The fraction of sp³-hybridized carbons (Fsp3) is 0.391. The number of hydrogen-bond donors (Lipinski definition) is 1. The summed E-state index contributed by atoms with van der Waals surface area (Å²) in [5, 5.41) is 3.18. The molecule has 0 aliphatic carbocycles. The second-order valence-electron chi connectivity index (χ2n) is 7.26. The normalized spacial score (nSPS) is 16.5. The van der Waals surface area contributed by atoms with Crippen molar-refractivity contribution >= 4 is 11.8 Å². The Kier molecular flexibility index (Phi) is 7.20. The van der Waals surface area contributed by atoms with Gasteiger partial charge >= 0.3 is 0 Å². The lowest BCUT2D eigenvalue weighted by Crippen LogP contribution is -2.42. The van der Waals surface area contributed by atoms with Crippen LogP contribution in [0.2, 0.25) is 0 Å². The standard InChI is InChI=1S/C23H29N3O2/c1-2-26-15-9-14-25(18-23(26)28)17-22(27)24-21(20-12-7-4-8-13-20)16-19-10-5-3-6-11-19/h3-8,10-13,21H,2,9,14-18H2,1H3,(H,24,27). The van der Waals surface area contributed by atoms with Gasteiger partial charge in [0.1, 0.15) is 0 Å². The molecule has 2 amide bonds. The van der Waals surface area contributed by atoms with E-state index < -0.39 is 0 Å². The number of nitrogens with one attached hydrogen (secondary N) is 1. The Morgan fingerprint density at radius 2 is 1.71 bits per heavy atom. The van der Waals surface area contributed by atoms with Crippen LogP contribution < -0.4 is 5.32 Å². The fourth-order valence-corrected chi connectivity index (χ4v) is 3.68. The van der Waals surface area contributed by atoms with Crippen LogP contribution in [0.25, 0.3) is 0 Å². The Bertz CT molecular complexity index is 764. The molecule has 5 nitrogen and oxygen atoms in total. The number of hydrogen-bond acceptors (Lipinski definition) is 3. The van der Waals surface area contributed by atoms with Crippen LogP contribution in [0.1, 0.15) is 30.5 Å². The largest absolute Gasteiger partial charge is 0.348 e. The number of nitrogens with zero attached hydrogens (tertiary/aromatic N) is 2. The molecular weight excluding hydrogens is 350 g/mol. The molecule has 5 heteroatoms. The highest BCUT2D eigenvalue weighted by molar-refractivity contribution is 5.81. The Labute approximate surface area is 167 Å². The summed E-state index contributed by atoms with van der Waals surface area (Å²) in [5.41, 5.74) is 2.27. The highest BCUT2D eigenvalue weighted by Gasteiger charge is 2.23. The SMILES string of the molecule is CCN1CCCN(CC(=O)NC(Cc2ccccc2)c2ccccc2)CC1=O. The Morgan fingerprint density at radius 3 is 2.39 bits per heavy atom. The summed E-state index contributed by atoms with van der Waals surface area (Å²) in [6.45, 7) is 4.83. The molecule has 0 bridgehead atoms. The minimum atomic E-state index is -0.0917. The van der Waals surface area contributed by atoms with Crippen LogP contribution in [-0.4, -0.2) is 54.3 Å². The van der Waals surface area contributed by atoms with Crippen molar-refractivity contribution < 1.29 is 9.59 Å². The van der Waals surface area contributed by atoms with E-state index in [-0.39, 0.29) is 24.4 Å². The summed E-state index contributed by atoms with van der Waals surface area (Å²) < 4.78 is 0. The van der Waals surface area contributed by atoms with E-state index >= 15 is 0 Å². The zero-order valence-electron chi connectivity index (χ0n) is 16.5. The molecule has 1 fully saturated rings. The van der Waals surface area contributed by atoms with E-state index in [2.05, 4.69) is 17.4 Å². The zero-order chi connectivity index (χ0) is 19.8. The lowest BCUT2D eigenvalue weighted by Gasteiger charge is -2.23. The van der Waals surface area contributed by atoms with E-state index in [1.165, 1.54) is 5.56 Å². The predicted molar refractivity (Wildman–Crippen MR) is 111 cm³/mol. The van der Waals surface area contributed by atoms with E-state index in [1.54, 1.807) is 0 Å². The quantitative estimate of drug-likeness (QED) is 0.805. The minimum absolute atomic E-state index is 0.0393. The van der Waals surface area contributed by atoms with Crippen LogP contribution in [0.3, 0.4) is 0 Å². The molecule has 0 saturated carbocycles. The predicted octanol–water partition coefficient (Wildman–Crippen LogP) is 2.64. The molecule has 2 aromatic carbocycles. The first kappa shape index (κ1) is 20.1. The van der Waals surface area contributed by atoms with Crippen LogP contribution in [0.15, 0.2) is 60.7 Å². The number of likely N-dealkylation sites (N-methyl/N-ethyl adjacent to an activating group) is 1. The van der Waals surface area contributed by atoms with Crippen LogP contribution >= 0.6 is 0 Å². The van der Waals surface area contributed by atoms with Crippen LogP contribution in [0, 0.1) is 0 Å². The summed E-state index contributed by atoms with van der Waals surface area (Å²) in [5.74, 6) is 0.0687. The van der Waals surface area contributed by atoms with Crippen LogP contribution in [-0.2, 0) is 16.0 Å². The lowest BCUT2D eigenvalue weighted by atomic mass is 9.99. The van der Waals surface area contributed by atoms with Crippen LogP contribution in [0.4, 0.5) is 0 Å². The molecule has 148 valence electrons. The molecule has 28 heavy (non-hydrogen) atoms. The first-order valence-electron chi connectivity index (χ1n) is 10.0. The minimum Gasteiger partial charge on any atom is -0.348 e. The van der Waals surface area contributed by atoms with Gasteiger partial charge in [-0.05, 0) is 30.9 Å². The smallest absolute Gasteiger partial charge is 0.236 e. The third-order valence-corrected chi connectivity index (χ3v) is 5.18. The van der Waals surface area contributed by atoms with Crippen molar-refractivity contribution in [3.63, 3.8) is 0 Å². The van der Waals surface area contributed by atoms with E-state index in [1.807, 2.05) is 65.3 Å². The Hall–Kier alpha value is -2.66. The number of rotatable bonds is 7. The lowest BCUT2D eigenvalue weighted by molar-refractivity contribution is -0.131. The number of benzene rings is 2. The number of carbonyl (C=O) groups is 2. The van der Waals surface area contributed by atoms with Crippen molar-refractivity contribution in [2.45, 2.75) is 25.8 Å². The molecule has 1 atom stereocenters. The summed E-state index contributed by atoms with van der Waals surface area (Å²) >= 11 is 0. The van der Waals surface area contributed by atoms with Crippen molar-refractivity contribution in [2.75, 3.05) is 32.7 Å². The van der Waals surface area contributed by atoms with Crippen molar-refractivity contribution in [1.82, 2.24) is 15.1 Å². The fourth-order valence-electron chi connectivity index (χ4n) is 3.68. The van der Waals surface area contributed by atoms with Crippen molar-refractivity contribution in [3.05, 3.63) is 71.8 Å². The van der Waals surface area contributed by atoms with Gasteiger partial charge in [-0.3, -0.25) is 14.5 Å². The van der Waals surface area contributed by atoms with Gasteiger partial charge in [0.25, 0.3) is 0 Å². The van der Waals surface area contributed by atoms with Gasteiger partial charge in [-0.15, -0.1) is 0 Å². The summed E-state index contributed by atoms with van der Waals surface area (Å²) in [6, 6.07) is 20.1. The molecule has 1 N–H and O–H groups in total. The monoisotopic (exact) mass is 379 g/mol. The molecule has 0 spiro atoms. The Balaban J connectivity index is 1.65. The maximum Gasteiger partial charge on any atom is 0.236 e. The zero-order valence-corrected chi connectivity index (χ0v) is 16.5. The molecule has 1 aliphatic rings. The van der Waals surface area contributed by atoms with Crippen molar-refractivity contribution in [2.24, 2.45) is 0 Å². The maximum absolute atomic E-state index is 12.8. The maximum atomic E-state index is 12.8. The molecule has 3 rings (SSSR count). The highest BCUT2D eigenvalue weighted by atomic mass is 16.2. The second kappa shape index (κ2) is 10.0. The third-order valence-electron chi connectivity index (χ3n) is 5.18. The van der Waals surface area contributed by atoms with Gasteiger partial charge in [0, 0.05) is 19.6 Å². The van der Waals surface area contributed by atoms with Crippen LogP contribution in [0.5, 0.6) is 0 Å². The topological polar surface area (TPSA) is 52.6 Å². The van der Waals surface area contributed by atoms with E-state index in [4.69, 9.17) is 0 Å². The Morgan fingerprint density at radius 1 is 1.04 bits per heavy atom. The molecule has 2 aromatic rings. The molecular formula is C23H29N3O2. The summed E-state index contributed by atoms with van der Waals surface area (Å²) in [7, 11) is 0. The number of amides is 2. The molecule has 1 heterocycles. The second-order valence-corrected chi connectivity index (χ2v) is 7.26. The third kappa shape index (κ3) is 5.67. The van der Waals surface area contributed by atoms with Gasteiger partial charge in [-0.1, -0.05) is 60.7 Å². The summed E-state index contributed by atoms with van der Waals surface area (Å²) in [6.07, 6.45) is 1.64. The highest BCUT2D eigenvalue weighted by Crippen LogP contribution is 2.18. The molecule has 0 aromatic heterocycles. The molecule has 1 saturated heterocycles. The van der Waals surface area contributed by atoms with E-state index in [0.29, 0.717) is 6.54 Å². The van der Waals surface area contributed by atoms with Crippen molar-refractivity contribution in [3.8, 4) is 0 Å². The van der Waals surface area contributed by atoms with Gasteiger partial charge in [0.15, 0.2) is 0 Å². The molecule has 1 unspecified atom stereocenters. The van der Waals surface area contributed by atoms with E-state index in [0.717, 1.165) is 38.0 Å². The average molecular weight is 380 g/mol. The van der Waals surface area contributed by atoms with Gasteiger partial charge in [0.05, 0.1) is 19.1 Å². The first-order chi connectivity index (χ1) is 13.7. The number of carbonyl (C=O) groups excluding carboxylic acids is 2. The van der Waals surface area contributed by atoms with Gasteiger partial charge in [-0.25, -0.2) is 0 Å². The van der Waals surface area contributed by atoms with E-state index in [9.17, 15) is 9.59 Å². The van der Waals surface area contributed by atoms with Crippen molar-refractivity contribution in [1.29, 1.82) is 0 Å². The summed E-state index contributed by atoms with van der Waals surface area (Å²) in [4.78, 5) is 28.9. The first-order valence-corrected chi connectivity index (χ1v) is 10.0. The van der Waals surface area contributed by atoms with Gasteiger partial charge < -0.3 is 10.2 Å². The molecule has 0 radical (unpaired) electrons. The molecule has 1 aliphatic heterocycles.